The lowest BCUT2D eigenvalue weighted by molar-refractivity contribution is 0.113. The second kappa shape index (κ2) is 6.38. The summed E-state index contributed by atoms with van der Waals surface area (Å²) in [5.41, 5.74) is 2.21. The van der Waals surface area contributed by atoms with Crippen LogP contribution in [0.4, 0.5) is 0 Å². The summed E-state index contributed by atoms with van der Waals surface area (Å²) in [5, 5.41) is 18.5. The van der Waals surface area contributed by atoms with E-state index in [1.807, 2.05) is 25.1 Å². The molecule has 0 radical (unpaired) electrons. The molecule has 0 saturated carbocycles. The second-order valence-corrected chi connectivity index (χ2v) is 4.88. The average molecular weight is 247 g/mol. The quantitative estimate of drug-likeness (QED) is 0.837. The van der Waals surface area contributed by atoms with Crippen LogP contribution in [0.2, 0.25) is 5.02 Å². The smallest absolute Gasteiger partial charge is 0.0861 e. The fraction of sp³-hybridized carbons (Fsp3) is 0.455. The summed E-state index contributed by atoms with van der Waals surface area (Å²) < 4.78 is 0. The molecule has 0 aliphatic carbocycles. The molecule has 2 nitrogen and oxygen atoms in total. The second-order valence-electron chi connectivity index (χ2n) is 3.45. The van der Waals surface area contributed by atoms with Crippen LogP contribution >= 0.6 is 23.4 Å². The van der Waals surface area contributed by atoms with Crippen LogP contribution in [0.25, 0.3) is 0 Å². The molecule has 1 aromatic carbocycles. The Balaban J connectivity index is 2.44. The van der Waals surface area contributed by atoms with Gasteiger partial charge in [-0.15, -0.1) is 0 Å². The molecule has 1 rings (SSSR count). The summed E-state index contributed by atoms with van der Waals surface area (Å²) in [7, 11) is 0. The highest BCUT2D eigenvalue weighted by atomic mass is 35.5. The average Bonchev–Trinajstić information content (AvgIpc) is 2.21. The van der Waals surface area contributed by atoms with E-state index in [-0.39, 0.29) is 6.61 Å². The minimum Gasteiger partial charge on any atom is -0.394 e. The number of aliphatic hydroxyl groups excluding tert-OH is 2. The van der Waals surface area contributed by atoms with Crippen LogP contribution in [0.1, 0.15) is 11.1 Å². The molecule has 15 heavy (non-hydrogen) atoms. The first-order valence-corrected chi connectivity index (χ1v) is 6.28. The number of halogens is 1. The molecule has 1 aromatic rings. The van der Waals surface area contributed by atoms with Crippen molar-refractivity contribution in [1.29, 1.82) is 0 Å². The Hall–Kier alpha value is -0.220. The van der Waals surface area contributed by atoms with Gasteiger partial charge in [-0.1, -0.05) is 23.7 Å². The fourth-order valence-corrected chi connectivity index (χ4v) is 2.48. The lowest BCUT2D eigenvalue weighted by atomic mass is 10.2. The molecule has 84 valence electrons. The van der Waals surface area contributed by atoms with Gasteiger partial charge in [-0.05, 0) is 24.1 Å². The number of hydrogen-bond donors (Lipinski definition) is 2. The van der Waals surface area contributed by atoms with Gasteiger partial charge in [0.2, 0.25) is 0 Å². The van der Waals surface area contributed by atoms with E-state index in [0.29, 0.717) is 5.75 Å². The number of aryl methyl sites for hydroxylation is 1. The Morgan fingerprint density at radius 2 is 2.20 bits per heavy atom. The van der Waals surface area contributed by atoms with Gasteiger partial charge in [0.15, 0.2) is 0 Å². The van der Waals surface area contributed by atoms with Crippen molar-refractivity contribution in [2.24, 2.45) is 0 Å². The van der Waals surface area contributed by atoms with Crippen molar-refractivity contribution in [1.82, 2.24) is 0 Å². The van der Waals surface area contributed by atoms with E-state index in [9.17, 15) is 0 Å². The summed E-state index contributed by atoms with van der Waals surface area (Å²) >= 11 is 7.62. The normalized spacial score (nSPS) is 12.8. The SMILES string of the molecule is Cc1ccc(CSCC(O)CO)c(Cl)c1. The summed E-state index contributed by atoms with van der Waals surface area (Å²) in [5.74, 6) is 1.29. The first-order valence-electron chi connectivity index (χ1n) is 4.75. The molecule has 0 bridgehead atoms. The number of hydrogen-bond acceptors (Lipinski definition) is 3. The Bertz CT molecular complexity index is 317. The van der Waals surface area contributed by atoms with Crippen molar-refractivity contribution >= 4 is 23.4 Å². The van der Waals surface area contributed by atoms with Crippen LogP contribution in [0.5, 0.6) is 0 Å². The van der Waals surface area contributed by atoms with E-state index in [0.717, 1.165) is 21.9 Å². The minimum absolute atomic E-state index is 0.186. The molecular weight excluding hydrogens is 232 g/mol. The van der Waals surface area contributed by atoms with Crippen LogP contribution in [-0.2, 0) is 5.75 Å². The molecule has 1 unspecified atom stereocenters. The Kier molecular flexibility index (Phi) is 5.47. The highest BCUT2D eigenvalue weighted by Gasteiger charge is 2.04. The Morgan fingerprint density at radius 1 is 1.47 bits per heavy atom. The van der Waals surface area contributed by atoms with E-state index in [2.05, 4.69) is 0 Å². The van der Waals surface area contributed by atoms with Crippen molar-refractivity contribution in [2.45, 2.75) is 18.8 Å². The molecule has 0 aromatic heterocycles. The van der Waals surface area contributed by atoms with E-state index in [1.165, 1.54) is 0 Å². The molecule has 0 saturated heterocycles. The zero-order chi connectivity index (χ0) is 11.3. The van der Waals surface area contributed by atoms with Crippen LogP contribution in [0, 0.1) is 6.92 Å². The monoisotopic (exact) mass is 246 g/mol. The van der Waals surface area contributed by atoms with Gasteiger partial charge < -0.3 is 10.2 Å². The fourth-order valence-electron chi connectivity index (χ4n) is 1.13. The van der Waals surface area contributed by atoms with Gasteiger partial charge in [0.25, 0.3) is 0 Å². The summed E-state index contributed by atoms with van der Waals surface area (Å²) in [6, 6.07) is 5.94. The zero-order valence-corrected chi connectivity index (χ0v) is 10.2. The number of thioether (sulfide) groups is 1. The highest BCUT2D eigenvalue weighted by Crippen LogP contribution is 2.22. The van der Waals surface area contributed by atoms with Gasteiger partial charge in [-0.25, -0.2) is 0 Å². The Morgan fingerprint density at radius 3 is 2.80 bits per heavy atom. The van der Waals surface area contributed by atoms with E-state index in [4.69, 9.17) is 21.8 Å². The standard InChI is InChI=1S/C11H15ClO2S/c1-8-2-3-9(11(12)4-8)6-15-7-10(14)5-13/h2-4,10,13-14H,5-7H2,1H3. The zero-order valence-electron chi connectivity index (χ0n) is 8.61. The molecule has 0 spiro atoms. The maximum Gasteiger partial charge on any atom is 0.0861 e. The van der Waals surface area contributed by atoms with Crippen molar-refractivity contribution in [3.05, 3.63) is 34.3 Å². The molecule has 0 fully saturated rings. The molecule has 0 heterocycles. The minimum atomic E-state index is -0.640. The van der Waals surface area contributed by atoms with Crippen molar-refractivity contribution in [2.75, 3.05) is 12.4 Å². The van der Waals surface area contributed by atoms with Crippen LogP contribution < -0.4 is 0 Å². The molecule has 1 atom stereocenters. The number of rotatable bonds is 5. The lowest BCUT2D eigenvalue weighted by Crippen LogP contribution is -2.14. The third-order valence-corrected chi connectivity index (χ3v) is 3.47. The molecule has 0 aliphatic rings. The summed E-state index contributed by atoms with van der Waals surface area (Å²) in [6.45, 7) is 1.81. The largest absolute Gasteiger partial charge is 0.394 e. The molecule has 2 N–H and O–H groups in total. The topological polar surface area (TPSA) is 40.5 Å². The first kappa shape index (κ1) is 12.8. The van der Waals surface area contributed by atoms with Crippen LogP contribution in [0.3, 0.4) is 0 Å². The van der Waals surface area contributed by atoms with Crippen molar-refractivity contribution in [3.63, 3.8) is 0 Å². The van der Waals surface area contributed by atoms with E-state index >= 15 is 0 Å². The lowest BCUT2D eigenvalue weighted by Gasteiger charge is -2.08. The number of aliphatic hydroxyl groups is 2. The summed E-state index contributed by atoms with van der Waals surface area (Å²) in [4.78, 5) is 0. The van der Waals surface area contributed by atoms with Crippen LogP contribution in [-0.4, -0.2) is 28.7 Å². The maximum absolute atomic E-state index is 9.15. The van der Waals surface area contributed by atoms with Gasteiger partial charge >= 0.3 is 0 Å². The molecule has 0 amide bonds. The maximum atomic E-state index is 9.15. The van der Waals surface area contributed by atoms with Gasteiger partial charge in [0.05, 0.1) is 12.7 Å². The predicted octanol–water partition coefficient (Wildman–Crippen LogP) is 2.23. The van der Waals surface area contributed by atoms with Crippen LogP contribution in [0.15, 0.2) is 18.2 Å². The van der Waals surface area contributed by atoms with Crippen molar-refractivity contribution < 1.29 is 10.2 Å². The van der Waals surface area contributed by atoms with Gasteiger partial charge in [0, 0.05) is 16.5 Å². The van der Waals surface area contributed by atoms with E-state index in [1.54, 1.807) is 11.8 Å². The number of benzene rings is 1. The Labute approximate surface area is 99.3 Å². The van der Waals surface area contributed by atoms with Gasteiger partial charge in [-0.3, -0.25) is 0 Å². The van der Waals surface area contributed by atoms with Crippen molar-refractivity contribution in [3.8, 4) is 0 Å². The molecular formula is C11H15ClO2S. The third-order valence-electron chi connectivity index (χ3n) is 1.99. The van der Waals surface area contributed by atoms with Gasteiger partial charge in [-0.2, -0.15) is 11.8 Å². The third kappa shape index (κ3) is 4.43. The van der Waals surface area contributed by atoms with E-state index < -0.39 is 6.10 Å². The highest BCUT2D eigenvalue weighted by molar-refractivity contribution is 7.98. The first-order chi connectivity index (χ1) is 7.13. The van der Waals surface area contributed by atoms with Gasteiger partial charge in [0.1, 0.15) is 0 Å². The molecule has 4 heteroatoms. The molecule has 0 aliphatic heterocycles. The summed E-state index contributed by atoms with van der Waals surface area (Å²) in [6.07, 6.45) is -0.640. The predicted molar refractivity (Wildman–Crippen MR) is 65.4 cm³/mol.